The summed E-state index contributed by atoms with van der Waals surface area (Å²) in [5.74, 6) is -2.31. The smallest absolute Gasteiger partial charge is 0.326 e. The molecule has 1 saturated carbocycles. The minimum Gasteiger partial charge on any atom is -0.480 e. The lowest BCUT2D eigenvalue weighted by atomic mass is 9.95. The van der Waals surface area contributed by atoms with Crippen LogP contribution in [0, 0.1) is 23.2 Å². The van der Waals surface area contributed by atoms with E-state index in [1.165, 1.54) is 4.90 Å². The number of likely N-dealkylation sites (tertiary alicyclic amines) is 1. The first-order chi connectivity index (χ1) is 11.9. The van der Waals surface area contributed by atoms with Crippen molar-refractivity contribution in [2.24, 2.45) is 23.2 Å². The van der Waals surface area contributed by atoms with Gasteiger partial charge in [-0.15, -0.1) is 0 Å². The number of carboxylic acid groups (broad SMARTS) is 1. The van der Waals surface area contributed by atoms with Crippen LogP contribution in [0.5, 0.6) is 0 Å². The standard InChI is InChI=1S/C19H31NO6/c1-18(2,3)26-13(22)9-11(7-6-8-21)16(23)20-10-12-14(19(12,4)5)15(20)17(24)25/h11-12,14-15,21H,6-10H2,1-5H3,(H,24,25)/t11-,12?,14+,15+/m1/s1. The van der Waals surface area contributed by atoms with Crippen molar-refractivity contribution >= 4 is 17.8 Å². The van der Waals surface area contributed by atoms with Crippen LogP contribution in [0.3, 0.4) is 0 Å². The van der Waals surface area contributed by atoms with E-state index < -0.39 is 29.5 Å². The zero-order valence-corrected chi connectivity index (χ0v) is 16.3. The number of aliphatic carboxylic acids is 1. The number of fused-ring (bicyclic) bond motifs is 1. The zero-order chi connectivity index (χ0) is 19.9. The molecule has 1 aliphatic carbocycles. The molecule has 1 aliphatic heterocycles. The Kier molecular flexibility index (Phi) is 5.71. The van der Waals surface area contributed by atoms with E-state index in [1.807, 2.05) is 13.8 Å². The summed E-state index contributed by atoms with van der Waals surface area (Å²) in [6, 6.07) is -0.835. The third-order valence-corrected chi connectivity index (χ3v) is 5.64. The second-order valence-electron chi connectivity index (χ2n) is 9.08. The third kappa shape index (κ3) is 4.19. The largest absolute Gasteiger partial charge is 0.480 e. The van der Waals surface area contributed by atoms with E-state index >= 15 is 0 Å². The molecule has 7 heteroatoms. The van der Waals surface area contributed by atoms with Crippen molar-refractivity contribution < 1.29 is 29.3 Å². The predicted octanol–water partition coefficient (Wildman–Crippen LogP) is 1.67. The molecule has 1 unspecified atom stereocenters. The molecule has 2 aliphatic rings. The Morgan fingerprint density at radius 1 is 1.27 bits per heavy atom. The summed E-state index contributed by atoms with van der Waals surface area (Å²) < 4.78 is 5.31. The van der Waals surface area contributed by atoms with Crippen LogP contribution in [0.2, 0.25) is 0 Å². The number of ether oxygens (including phenoxy) is 1. The van der Waals surface area contributed by atoms with Gasteiger partial charge in [-0.05, 0) is 44.9 Å². The maximum atomic E-state index is 13.0. The van der Waals surface area contributed by atoms with Crippen molar-refractivity contribution in [1.82, 2.24) is 4.90 Å². The van der Waals surface area contributed by atoms with Crippen molar-refractivity contribution in [2.75, 3.05) is 13.2 Å². The summed E-state index contributed by atoms with van der Waals surface area (Å²) in [4.78, 5) is 38.4. The van der Waals surface area contributed by atoms with E-state index in [0.717, 1.165) is 0 Å². The Morgan fingerprint density at radius 3 is 2.38 bits per heavy atom. The molecule has 0 radical (unpaired) electrons. The van der Waals surface area contributed by atoms with Gasteiger partial charge >= 0.3 is 11.9 Å². The van der Waals surface area contributed by atoms with Crippen molar-refractivity contribution in [3.05, 3.63) is 0 Å². The maximum Gasteiger partial charge on any atom is 0.326 e. The maximum absolute atomic E-state index is 13.0. The van der Waals surface area contributed by atoms with Gasteiger partial charge in [-0.25, -0.2) is 4.79 Å². The SMILES string of the molecule is CC(C)(C)OC(=O)C[C@@H](CCCO)C(=O)N1CC2[C@@H]([C@H]1C(=O)O)C2(C)C. The number of carboxylic acids is 1. The quantitative estimate of drug-likeness (QED) is 0.662. The predicted molar refractivity (Wildman–Crippen MR) is 94.2 cm³/mol. The van der Waals surface area contributed by atoms with Gasteiger partial charge in [-0.2, -0.15) is 0 Å². The Hall–Kier alpha value is -1.63. The van der Waals surface area contributed by atoms with Gasteiger partial charge in [0.2, 0.25) is 5.91 Å². The molecule has 26 heavy (non-hydrogen) atoms. The van der Waals surface area contributed by atoms with Crippen LogP contribution in [0.4, 0.5) is 0 Å². The number of aliphatic hydroxyl groups excluding tert-OH is 1. The molecule has 0 aromatic carbocycles. The molecule has 148 valence electrons. The number of aliphatic hydroxyl groups is 1. The van der Waals surface area contributed by atoms with Gasteiger partial charge in [-0.1, -0.05) is 13.8 Å². The van der Waals surface area contributed by atoms with Gasteiger partial charge < -0.3 is 19.8 Å². The summed E-state index contributed by atoms with van der Waals surface area (Å²) in [7, 11) is 0. The minimum atomic E-state index is -0.991. The number of esters is 1. The van der Waals surface area contributed by atoms with Crippen LogP contribution >= 0.6 is 0 Å². The molecule has 1 amide bonds. The highest BCUT2D eigenvalue weighted by Crippen LogP contribution is 2.65. The second kappa shape index (κ2) is 7.18. The number of carbonyl (C=O) groups excluding carboxylic acids is 2. The van der Waals surface area contributed by atoms with Crippen LogP contribution in [0.1, 0.15) is 53.9 Å². The topological polar surface area (TPSA) is 104 Å². The molecule has 4 atom stereocenters. The zero-order valence-electron chi connectivity index (χ0n) is 16.3. The number of amides is 1. The third-order valence-electron chi connectivity index (χ3n) is 5.64. The van der Waals surface area contributed by atoms with Crippen molar-refractivity contribution in [2.45, 2.75) is 65.5 Å². The van der Waals surface area contributed by atoms with E-state index in [4.69, 9.17) is 9.84 Å². The van der Waals surface area contributed by atoms with Crippen LogP contribution in [-0.2, 0) is 19.1 Å². The first-order valence-electron chi connectivity index (χ1n) is 9.26. The average molecular weight is 369 g/mol. The first-order valence-corrected chi connectivity index (χ1v) is 9.26. The highest BCUT2D eigenvalue weighted by atomic mass is 16.6. The molecule has 2 N–H and O–H groups in total. The van der Waals surface area contributed by atoms with Crippen molar-refractivity contribution in [3.63, 3.8) is 0 Å². The molecule has 0 aromatic heterocycles. The molecular formula is C19H31NO6. The molecule has 2 fully saturated rings. The van der Waals surface area contributed by atoms with E-state index in [-0.39, 0.29) is 36.2 Å². The second-order valence-corrected chi connectivity index (χ2v) is 9.08. The van der Waals surface area contributed by atoms with Crippen LogP contribution in [0.15, 0.2) is 0 Å². The van der Waals surface area contributed by atoms with E-state index in [2.05, 4.69) is 0 Å². The summed E-state index contributed by atoms with van der Waals surface area (Å²) in [5.41, 5.74) is -0.712. The highest BCUT2D eigenvalue weighted by Gasteiger charge is 2.69. The summed E-state index contributed by atoms with van der Waals surface area (Å²) in [5, 5.41) is 18.7. The van der Waals surface area contributed by atoms with Crippen LogP contribution < -0.4 is 0 Å². The van der Waals surface area contributed by atoms with E-state index in [0.29, 0.717) is 19.4 Å². The van der Waals surface area contributed by atoms with E-state index in [9.17, 15) is 19.5 Å². The van der Waals surface area contributed by atoms with Crippen LogP contribution in [-0.4, -0.2) is 57.8 Å². The molecular weight excluding hydrogens is 338 g/mol. The van der Waals surface area contributed by atoms with Gasteiger partial charge in [0.05, 0.1) is 6.42 Å². The molecule has 0 spiro atoms. The lowest BCUT2D eigenvalue weighted by Crippen LogP contribution is -2.48. The lowest BCUT2D eigenvalue weighted by Gasteiger charge is -2.31. The normalized spacial score (nSPS) is 27.6. The minimum absolute atomic E-state index is 0.0380. The van der Waals surface area contributed by atoms with Crippen molar-refractivity contribution in [1.29, 1.82) is 0 Å². The van der Waals surface area contributed by atoms with Gasteiger partial charge in [0.1, 0.15) is 11.6 Å². The fourth-order valence-corrected chi connectivity index (χ4v) is 4.26. The number of carbonyl (C=O) groups is 3. The molecule has 1 heterocycles. The monoisotopic (exact) mass is 369 g/mol. The summed E-state index contributed by atoms with van der Waals surface area (Å²) >= 11 is 0. The Balaban J connectivity index is 2.11. The lowest BCUT2D eigenvalue weighted by molar-refractivity contribution is -0.160. The number of hydrogen-bond donors (Lipinski definition) is 2. The summed E-state index contributed by atoms with van der Waals surface area (Å²) in [6.07, 6.45) is 0.608. The Morgan fingerprint density at radius 2 is 1.88 bits per heavy atom. The molecule has 7 nitrogen and oxygen atoms in total. The fourth-order valence-electron chi connectivity index (χ4n) is 4.26. The molecule has 0 aromatic rings. The number of rotatable bonds is 7. The van der Waals surface area contributed by atoms with E-state index in [1.54, 1.807) is 20.8 Å². The first kappa shape index (κ1) is 20.7. The van der Waals surface area contributed by atoms with Gasteiger partial charge in [0.15, 0.2) is 0 Å². The van der Waals surface area contributed by atoms with Gasteiger partial charge in [0, 0.05) is 25.0 Å². The number of hydrogen-bond acceptors (Lipinski definition) is 5. The van der Waals surface area contributed by atoms with Crippen LogP contribution in [0.25, 0.3) is 0 Å². The summed E-state index contributed by atoms with van der Waals surface area (Å²) in [6.45, 7) is 9.66. The molecule has 2 rings (SSSR count). The highest BCUT2D eigenvalue weighted by molar-refractivity contribution is 5.89. The van der Waals surface area contributed by atoms with Gasteiger partial charge in [0.25, 0.3) is 0 Å². The van der Waals surface area contributed by atoms with Crippen molar-refractivity contribution in [3.8, 4) is 0 Å². The molecule has 0 bridgehead atoms. The number of nitrogens with zero attached hydrogens (tertiary/aromatic N) is 1. The number of piperidine rings is 1. The fraction of sp³-hybridized carbons (Fsp3) is 0.842. The Labute approximate surface area is 154 Å². The molecule has 1 saturated heterocycles. The van der Waals surface area contributed by atoms with Gasteiger partial charge in [-0.3, -0.25) is 9.59 Å². The Bertz CT molecular complexity index is 579. The average Bonchev–Trinajstić information content (AvgIpc) is 2.84.